The van der Waals surface area contributed by atoms with Gasteiger partial charge < -0.3 is 20.3 Å². The van der Waals surface area contributed by atoms with Gasteiger partial charge in [0.25, 0.3) is 0 Å². The monoisotopic (exact) mass is 177 g/mol. The van der Waals surface area contributed by atoms with Crippen LogP contribution in [0.25, 0.3) is 0 Å². The number of methoxy groups -OCH3 is 1. The Hall–Kier alpha value is -0.160. The Morgan fingerprint density at radius 3 is 2.33 bits per heavy atom. The molecule has 0 radical (unpaired) electrons. The van der Waals surface area contributed by atoms with E-state index in [1.54, 1.807) is 14.0 Å². The summed E-state index contributed by atoms with van der Waals surface area (Å²) in [5.41, 5.74) is 0. The van der Waals surface area contributed by atoms with Crippen molar-refractivity contribution in [3.8, 4) is 0 Å². The number of ether oxygens (including phenoxy) is 1. The van der Waals surface area contributed by atoms with Gasteiger partial charge in [-0.25, -0.2) is 0 Å². The fourth-order valence-electron chi connectivity index (χ4n) is 0.744. The molecule has 0 aliphatic rings. The molecule has 0 saturated heterocycles. The highest BCUT2D eigenvalue weighted by Gasteiger charge is 2.09. The predicted molar refractivity (Wildman–Crippen MR) is 47.0 cm³/mol. The van der Waals surface area contributed by atoms with E-state index in [1.165, 1.54) is 0 Å². The molecule has 0 bridgehead atoms. The van der Waals surface area contributed by atoms with Crippen LogP contribution in [-0.2, 0) is 4.74 Å². The third kappa shape index (κ3) is 5.49. The van der Waals surface area contributed by atoms with Crippen molar-refractivity contribution in [1.82, 2.24) is 5.32 Å². The molecule has 4 heteroatoms. The van der Waals surface area contributed by atoms with Crippen LogP contribution in [0.1, 0.15) is 13.8 Å². The predicted octanol–water partition coefficient (Wildman–Crippen LogP) is -0.647. The highest BCUT2D eigenvalue weighted by atomic mass is 16.5. The van der Waals surface area contributed by atoms with Crippen molar-refractivity contribution in [3.05, 3.63) is 0 Å². The van der Waals surface area contributed by atoms with Gasteiger partial charge in [-0.3, -0.25) is 0 Å². The van der Waals surface area contributed by atoms with E-state index in [0.717, 1.165) is 0 Å². The zero-order valence-electron chi connectivity index (χ0n) is 7.95. The van der Waals surface area contributed by atoms with E-state index >= 15 is 0 Å². The molecule has 0 heterocycles. The minimum atomic E-state index is -0.504. The molecule has 0 saturated carbocycles. The molecule has 3 atom stereocenters. The highest BCUT2D eigenvalue weighted by Crippen LogP contribution is 1.91. The van der Waals surface area contributed by atoms with Gasteiger partial charge in [0.1, 0.15) is 0 Å². The van der Waals surface area contributed by atoms with E-state index in [0.29, 0.717) is 13.2 Å². The summed E-state index contributed by atoms with van der Waals surface area (Å²) in [6.07, 6.45) is -0.907. The molecule has 12 heavy (non-hydrogen) atoms. The quantitative estimate of drug-likeness (QED) is 0.504. The number of hydrogen-bond acceptors (Lipinski definition) is 4. The van der Waals surface area contributed by atoms with E-state index < -0.39 is 12.2 Å². The van der Waals surface area contributed by atoms with Gasteiger partial charge >= 0.3 is 0 Å². The van der Waals surface area contributed by atoms with Gasteiger partial charge in [-0.15, -0.1) is 0 Å². The van der Waals surface area contributed by atoms with E-state index in [-0.39, 0.29) is 6.04 Å². The lowest BCUT2D eigenvalue weighted by molar-refractivity contribution is 0.0576. The minimum Gasteiger partial charge on any atom is -0.392 e. The van der Waals surface area contributed by atoms with Crippen LogP contribution in [0.3, 0.4) is 0 Å². The number of nitrogens with one attached hydrogen (secondary N) is 1. The Labute approximate surface area is 73.5 Å². The fraction of sp³-hybridized carbons (Fsp3) is 1.00. The number of aliphatic hydroxyl groups is 2. The topological polar surface area (TPSA) is 61.7 Å². The van der Waals surface area contributed by atoms with Crippen molar-refractivity contribution in [2.45, 2.75) is 32.1 Å². The van der Waals surface area contributed by atoms with Gasteiger partial charge in [-0.2, -0.15) is 0 Å². The molecular weight excluding hydrogens is 158 g/mol. The fourth-order valence-corrected chi connectivity index (χ4v) is 0.744. The van der Waals surface area contributed by atoms with Crippen molar-refractivity contribution in [1.29, 1.82) is 0 Å². The normalized spacial score (nSPS) is 18.8. The number of hydrogen-bond donors (Lipinski definition) is 3. The van der Waals surface area contributed by atoms with E-state index in [9.17, 15) is 5.11 Å². The van der Waals surface area contributed by atoms with Crippen molar-refractivity contribution in [3.63, 3.8) is 0 Å². The molecule has 0 amide bonds. The number of rotatable bonds is 6. The molecule has 0 fully saturated rings. The van der Waals surface area contributed by atoms with E-state index in [1.807, 2.05) is 6.92 Å². The van der Waals surface area contributed by atoms with E-state index in [4.69, 9.17) is 9.84 Å². The molecular formula is C8H19NO3. The lowest BCUT2D eigenvalue weighted by atomic mass is 10.2. The standard InChI is InChI=1S/C8H19NO3/c1-6(7(2)10)9-4-8(11)5-12-3/h6-11H,4-5H2,1-3H3. The minimum absolute atomic E-state index is 0.00324. The Balaban J connectivity index is 3.40. The van der Waals surface area contributed by atoms with Crippen LogP contribution in [0.5, 0.6) is 0 Å². The summed E-state index contributed by atoms with van der Waals surface area (Å²) in [5.74, 6) is 0. The van der Waals surface area contributed by atoms with Crippen molar-refractivity contribution >= 4 is 0 Å². The molecule has 0 spiro atoms. The maximum absolute atomic E-state index is 9.21. The summed E-state index contributed by atoms with van der Waals surface area (Å²) >= 11 is 0. The first-order chi connectivity index (χ1) is 5.57. The summed E-state index contributed by atoms with van der Waals surface area (Å²) in [7, 11) is 1.54. The van der Waals surface area contributed by atoms with Crippen molar-refractivity contribution in [2.24, 2.45) is 0 Å². The maximum atomic E-state index is 9.21. The molecule has 4 nitrogen and oxygen atoms in total. The lowest BCUT2D eigenvalue weighted by Gasteiger charge is -2.18. The SMILES string of the molecule is COCC(O)CNC(C)C(C)O. The average Bonchev–Trinajstić information content (AvgIpc) is 2.00. The first-order valence-corrected chi connectivity index (χ1v) is 4.16. The second-order valence-corrected chi connectivity index (χ2v) is 3.05. The molecule has 74 valence electrons. The molecule has 0 aliphatic carbocycles. The van der Waals surface area contributed by atoms with Gasteiger partial charge in [-0.1, -0.05) is 0 Å². The summed E-state index contributed by atoms with van der Waals surface area (Å²) in [6.45, 7) is 4.34. The van der Waals surface area contributed by atoms with Crippen molar-refractivity contribution < 1.29 is 14.9 Å². The summed E-state index contributed by atoms with van der Waals surface area (Å²) in [6, 6.07) is -0.00324. The van der Waals surface area contributed by atoms with Crippen LogP contribution in [0.2, 0.25) is 0 Å². The van der Waals surface area contributed by atoms with Crippen LogP contribution in [0, 0.1) is 0 Å². The zero-order valence-corrected chi connectivity index (χ0v) is 7.95. The second kappa shape index (κ2) is 6.37. The number of aliphatic hydroxyl groups excluding tert-OH is 2. The largest absolute Gasteiger partial charge is 0.392 e. The Morgan fingerprint density at radius 1 is 1.33 bits per heavy atom. The van der Waals surface area contributed by atoms with Crippen LogP contribution in [0.4, 0.5) is 0 Å². The Kier molecular flexibility index (Phi) is 6.28. The van der Waals surface area contributed by atoms with Crippen LogP contribution >= 0.6 is 0 Å². The van der Waals surface area contributed by atoms with Gasteiger partial charge in [0.15, 0.2) is 0 Å². The molecule has 0 aliphatic heterocycles. The molecule has 0 rings (SSSR count). The molecule has 0 aromatic rings. The van der Waals surface area contributed by atoms with Gasteiger partial charge in [0.2, 0.25) is 0 Å². The third-order valence-electron chi connectivity index (χ3n) is 1.76. The van der Waals surface area contributed by atoms with E-state index in [2.05, 4.69) is 5.32 Å². The van der Waals surface area contributed by atoms with Gasteiger partial charge in [0.05, 0.1) is 18.8 Å². The zero-order chi connectivity index (χ0) is 9.56. The molecule has 0 aromatic carbocycles. The summed E-state index contributed by atoms with van der Waals surface area (Å²) in [5, 5.41) is 21.3. The summed E-state index contributed by atoms with van der Waals surface area (Å²) in [4.78, 5) is 0. The average molecular weight is 177 g/mol. The maximum Gasteiger partial charge on any atom is 0.0897 e. The molecule has 0 aromatic heterocycles. The van der Waals surface area contributed by atoms with Gasteiger partial charge in [0, 0.05) is 19.7 Å². The Morgan fingerprint density at radius 2 is 1.92 bits per heavy atom. The third-order valence-corrected chi connectivity index (χ3v) is 1.76. The van der Waals surface area contributed by atoms with Crippen molar-refractivity contribution in [2.75, 3.05) is 20.3 Å². The second-order valence-electron chi connectivity index (χ2n) is 3.05. The smallest absolute Gasteiger partial charge is 0.0897 e. The van der Waals surface area contributed by atoms with Crippen LogP contribution in [-0.4, -0.2) is 48.7 Å². The van der Waals surface area contributed by atoms with Gasteiger partial charge in [-0.05, 0) is 13.8 Å². The van der Waals surface area contributed by atoms with Crippen LogP contribution in [0.15, 0.2) is 0 Å². The Bertz CT molecular complexity index is 108. The van der Waals surface area contributed by atoms with Crippen LogP contribution < -0.4 is 5.32 Å². The first kappa shape index (κ1) is 11.8. The highest BCUT2D eigenvalue weighted by molar-refractivity contribution is 4.68. The molecule has 3 N–H and O–H groups in total. The first-order valence-electron chi connectivity index (χ1n) is 4.16. The summed E-state index contributed by atoms with van der Waals surface area (Å²) < 4.78 is 4.74. The lowest BCUT2D eigenvalue weighted by Crippen LogP contribution is -2.41. The molecule has 3 unspecified atom stereocenters.